The van der Waals surface area contributed by atoms with Crippen LogP contribution in [-0.4, -0.2) is 44.3 Å². The lowest BCUT2D eigenvalue weighted by atomic mass is 10.1. The van der Waals surface area contributed by atoms with Crippen LogP contribution < -0.4 is 9.62 Å². The Balaban J connectivity index is 2.06. The zero-order valence-electron chi connectivity index (χ0n) is 22.9. The number of halogens is 1. The molecule has 1 N–H and O–H groups in total. The third kappa shape index (κ3) is 7.61. The highest BCUT2D eigenvalue weighted by Crippen LogP contribution is 2.29. The molecule has 0 aliphatic rings. The number of carbonyl (C=O) groups is 2. The number of anilines is 1. The van der Waals surface area contributed by atoms with E-state index >= 15 is 0 Å². The summed E-state index contributed by atoms with van der Waals surface area (Å²) in [4.78, 5) is 28.6. The minimum Gasteiger partial charge on any atom is -0.354 e. The topological polar surface area (TPSA) is 86.8 Å². The highest BCUT2D eigenvalue weighted by molar-refractivity contribution is 7.92. The minimum absolute atomic E-state index is 0.0555. The Bertz CT molecular complexity index is 1380. The van der Waals surface area contributed by atoms with Crippen LogP contribution in [0, 0.1) is 13.8 Å². The fraction of sp³-hybridized carbons (Fsp3) is 0.333. The van der Waals surface area contributed by atoms with Crippen LogP contribution in [0.15, 0.2) is 77.7 Å². The van der Waals surface area contributed by atoms with Crippen molar-refractivity contribution in [3.05, 3.63) is 94.5 Å². The van der Waals surface area contributed by atoms with Gasteiger partial charge in [-0.25, -0.2) is 8.42 Å². The van der Waals surface area contributed by atoms with E-state index in [0.29, 0.717) is 18.0 Å². The highest BCUT2D eigenvalue weighted by atomic mass is 35.5. The lowest BCUT2D eigenvalue weighted by molar-refractivity contribution is -0.140. The van der Waals surface area contributed by atoms with E-state index < -0.39 is 28.5 Å². The summed E-state index contributed by atoms with van der Waals surface area (Å²) in [7, 11) is -4.14. The normalized spacial score (nSPS) is 12.0. The van der Waals surface area contributed by atoms with Crippen LogP contribution in [0.1, 0.15) is 43.4 Å². The van der Waals surface area contributed by atoms with Gasteiger partial charge >= 0.3 is 0 Å². The number of hydrogen-bond donors (Lipinski definition) is 1. The van der Waals surface area contributed by atoms with E-state index in [-0.39, 0.29) is 23.0 Å². The summed E-state index contributed by atoms with van der Waals surface area (Å²) in [5, 5.41) is 3.27. The third-order valence-corrected chi connectivity index (χ3v) is 8.66. The molecule has 7 nitrogen and oxygen atoms in total. The quantitative estimate of drug-likeness (QED) is 0.313. The second-order valence-electron chi connectivity index (χ2n) is 9.48. The molecule has 3 aromatic rings. The van der Waals surface area contributed by atoms with E-state index in [1.807, 2.05) is 58.0 Å². The molecule has 0 aromatic heterocycles. The molecule has 3 rings (SSSR count). The van der Waals surface area contributed by atoms with Gasteiger partial charge in [-0.3, -0.25) is 13.9 Å². The summed E-state index contributed by atoms with van der Waals surface area (Å²) in [6, 6.07) is 19.9. The molecule has 208 valence electrons. The zero-order chi connectivity index (χ0) is 28.6. The van der Waals surface area contributed by atoms with Crippen LogP contribution in [-0.2, 0) is 26.2 Å². The highest BCUT2D eigenvalue weighted by Gasteiger charge is 2.33. The number of nitrogens with zero attached hydrogens (tertiary/aromatic N) is 2. The first-order valence-electron chi connectivity index (χ1n) is 13.0. The van der Waals surface area contributed by atoms with Crippen molar-refractivity contribution in [2.45, 2.75) is 58.0 Å². The second kappa shape index (κ2) is 13.6. The van der Waals surface area contributed by atoms with Crippen LogP contribution in [0.3, 0.4) is 0 Å². The Kier molecular flexibility index (Phi) is 10.5. The maximum atomic E-state index is 14.0. The molecule has 9 heteroatoms. The Morgan fingerprint density at radius 1 is 0.949 bits per heavy atom. The van der Waals surface area contributed by atoms with Crippen molar-refractivity contribution in [2.75, 3.05) is 17.4 Å². The molecule has 0 aliphatic heterocycles. The van der Waals surface area contributed by atoms with Gasteiger partial charge in [0.1, 0.15) is 12.6 Å². The van der Waals surface area contributed by atoms with Gasteiger partial charge in [-0.15, -0.1) is 0 Å². The minimum atomic E-state index is -4.14. The van der Waals surface area contributed by atoms with Gasteiger partial charge < -0.3 is 10.2 Å². The monoisotopic (exact) mass is 569 g/mol. The van der Waals surface area contributed by atoms with Crippen LogP contribution in [0.5, 0.6) is 0 Å². The smallest absolute Gasteiger partial charge is 0.264 e. The fourth-order valence-corrected chi connectivity index (χ4v) is 5.75. The first-order valence-corrected chi connectivity index (χ1v) is 14.9. The van der Waals surface area contributed by atoms with Crippen LogP contribution in [0.25, 0.3) is 0 Å². The molecular formula is C30H36ClN3O4S. The first-order chi connectivity index (χ1) is 18.6. The molecule has 0 heterocycles. The standard InChI is InChI=1S/C30H36ClN3O4S/c1-5-18-32-30(36)28(6-2)33(20-24-10-8-7-9-11-24)29(35)21-34(25-15-14-23(4)27(31)19-25)39(37,38)26-16-12-22(3)13-17-26/h7-17,19,28H,5-6,18,20-21H2,1-4H3,(H,32,36)/t28-/m0/s1. The van der Waals surface area contributed by atoms with E-state index in [4.69, 9.17) is 11.6 Å². The summed E-state index contributed by atoms with van der Waals surface area (Å²) < 4.78 is 28.9. The molecule has 0 saturated carbocycles. The Labute approximate surface area is 236 Å². The summed E-state index contributed by atoms with van der Waals surface area (Å²) >= 11 is 6.37. The molecule has 0 spiro atoms. The average molecular weight is 570 g/mol. The van der Waals surface area contributed by atoms with Crippen molar-refractivity contribution in [1.82, 2.24) is 10.2 Å². The van der Waals surface area contributed by atoms with Gasteiger partial charge in [0.15, 0.2) is 0 Å². The fourth-order valence-electron chi connectivity index (χ4n) is 4.17. The first kappa shape index (κ1) is 30.2. The lowest BCUT2D eigenvalue weighted by Gasteiger charge is -2.33. The predicted octanol–water partition coefficient (Wildman–Crippen LogP) is 5.49. The molecule has 0 aliphatic carbocycles. The van der Waals surface area contributed by atoms with Crippen molar-refractivity contribution in [1.29, 1.82) is 0 Å². The molecular weight excluding hydrogens is 534 g/mol. The van der Waals surface area contributed by atoms with Gasteiger partial charge in [-0.05, 0) is 62.1 Å². The molecule has 0 fully saturated rings. The van der Waals surface area contributed by atoms with E-state index in [1.54, 1.807) is 30.3 Å². The van der Waals surface area contributed by atoms with Crippen molar-refractivity contribution in [2.24, 2.45) is 0 Å². The molecule has 0 saturated heterocycles. The van der Waals surface area contributed by atoms with Crippen molar-refractivity contribution < 1.29 is 18.0 Å². The second-order valence-corrected chi connectivity index (χ2v) is 11.8. The number of nitrogens with one attached hydrogen (secondary N) is 1. The van der Waals surface area contributed by atoms with Crippen LogP contribution in [0.4, 0.5) is 5.69 Å². The van der Waals surface area contributed by atoms with Crippen LogP contribution >= 0.6 is 11.6 Å². The third-order valence-electron chi connectivity index (χ3n) is 6.46. The van der Waals surface area contributed by atoms with Gasteiger partial charge in [0.2, 0.25) is 11.8 Å². The molecule has 39 heavy (non-hydrogen) atoms. The summed E-state index contributed by atoms with van der Waals surface area (Å²) in [6.07, 6.45) is 1.13. The van der Waals surface area contributed by atoms with E-state index in [1.165, 1.54) is 17.0 Å². The lowest BCUT2D eigenvalue weighted by Crippen LogP contribution is -2.52. The molecule has 0 radical (unpaired) electrons. The number of carbonyl (C=O) groups excluding carboxylic acids is 2. The maximum absolute atomic E-state index is 14.0. The van der Waals surface area contributed by atoms with Crippen LogP contribution in [0.2, 0.25) is 5.02 Å². The number of benzene rings is 3. The van der Waals surface area contributed by atoms with Crippen molar-refractivity contribution >= 4 is 39.1 Å². The Morgan fingerprint density at radius 3 is 2.21 bits per heavy atom. The SMILES string of the molecule is CCCNC(=O)[C@H](CC)N(Cc1ccccc1)C(=O)CN(c1ccc(C)c(Cl)c1)S(=O)(=O)c1ccc(C)cc1. The molecule has 2 amide bonds. The summed E-state index contributed by atoms with van der Waals surface area (Å²) in [5.41, 5.74) is 2.79. The van der Waals surface area contributed by atoms with Gasteiger partial charge in [0.25, 0.3) is 10.0 Å². The zero-order valence-corrected chi connectivity index (χ0v) is 24.4. The summed E-state index contributed by atoms with van der Waals surface area (Å²) in [6.45, 7) is 7.62. The molecule has 3 aromatic carbocycles. The molecule has 0 bridgehead atoms. The number of sulfonamides is 1. The largest absolute Gasteiger partial charge is 0.354 e. The number of amides is 2. The average Bonchev–Trinajstić information content (AvgIpc) is 2.92. The van der Waals surface area contributed by atoms with Gasteiger partial charge in [0.05, 0.1) is 10.6 Å². The Morgan fingerprint density at radius 2 is 1.62 bits per heavy atom. The number of aryl methyl sites for hydroxylation is 2. The maximum Gasteiger partial charge on any atom is 0.264 e. The van der Waals surface area contributed by atoms with Gasteiger partial charge in [0, 0.05) is 18.1 Å². The number of rotatable bonds is 12. The van der Waals surface area contributed by atoms with Crippen molar-refractivity contribution in [3.63, 3.8) is 0 Å². The Hall–Kier alpha value is -3.36. The van der Waals surface area contributed by atoms with E-state index in [9.17, 15) is 18.0 Å². The summed E-state index contributed by atoms with van der Waals surface area (Å²) in [5.74, 6) is -0.764. The number of hydrogen-bond acceptors (Lipinski definition) is 4. The van der Waals surface area contributed by atoms with Gasteiger partial charge in [-0.1, -0.05) is 79.5 Å². The van der Waals surface area contributed by atoms with Crippen molar-refractivity contribution in [3.8, 4) is 0 Å². The molecule has 0 unspecified atom stereocenters. The van der Waals surface area contributed by atoms with Gasteiger partial charge in [-0.2, -0.15) is 0 Å². The molecule has 1 atom stereocenters. The van der Waals surface area contributed by atoms with E-state index in [0.717, 1.165) is 27.4 Å². The predicted molar refractivity (Wildman–Crippen MR) is 156 cm³/mol. The van der Waals surface area contributed by atoms with E-state index in [2.05, 4.69) is 5.32 Å².